The minimum Gasteiger partial charge on any atom is -0.271 e. The number of aromatic nitrogens is 2. The van der Waals surface area contributed by atoms with E-state index in [9.17, 15) is 0 Å². The van der Waals surface area contributed by atoms with Crippen LogP contribution in [0.3, 0.4) is 0 Å². The van der Waals surface area contributed by atoms with Crippen LogP contribution in [0.4, 0.5) is 0 Å². The summed E-state index contributed by atoms with van der Waals surface area (Å²) in [6.45, 7) is 3.98. The van der Waals surface area contributed by atoms with Gasteiger partial charge in [-0.15, -0.1) is 0 Å². The normalized spacial score (nSPS) is 9.33. The largest absolute Gasteiger partial charge is 0.271 e. The molecule has 0 saturated carbocycles. The van der Waals surface area contributed by atoms with Gasteiger partial charge in [0.1, 0.15) is 0 Å². The molecule has 0 fully saturated rings. The smallest absolute Gasteiger partial charge is 0.0752 e. The molecular weight excluding hydrogens is 168 g/mol. The minimum atomic E-state index is 0.591. The number of thiol groups is 1. The van der Waals surface area contributed by atoms with Gasteiger partial charge < -0.3 is 0 Å². The second kappa shape index (κ2) is 3.68. The lowest BCUT2D eigenvalue weighted by Gasteiger charge is -1.91. The Morgan fingerprint density at radius 3 is 2.58 bits per heavy atom. The number of hydrogen-bond acceptors (Lipinski definition) is 2. The molecule has 0 aliphatic heterocycles. The molecule has 0 bridgehead atoms. The predicted octanol–water partition coefficient (Wildman–Crippen LogP) is 1.32. The van der Waals surface area contributed by atoms with E-state index in [4.69, 9.17) is 0 Å². The maximum atomic E-state index is 4.25. The minimum absolute atomic E-state index is 0.591. The molecule has 0 aliphatic rings. The molecule has 0 saturated heterocycles. The van der Waals surface area contributed by atoms with E-state index in [-0.39, 0.29) is 0 Å². The Kier molecular flexibility index (Phi) is 2.83. The van der Waals surface area contributed by atoms with Gasteiger partial charge in [-0.25, -0.2) is 0 Å². The van der Waals surface area contributed by atoms with Crippen LogP contribution in [0.25, 0.3) is 0 Å². The highest BCUT2D eigenvalue weighted by molar-refractivity contribution is 7.80. The second-order valence-corrected chi connectivity index (χ2v) is 2.95. The second-order valence-electron chi connectivity index (χ2n) is 2.63. The first-order valence-corrected chi connectivity index (χ1v) is 4.40. The molecule has 0 unspecified atom stereocenters. The van der Waals surface area contributed by atoms with Gasteiger partial charge in [0, 0.05) is 7.05 Å². The van der Waals surface area contributed by atoms with Gasteiger partial charge in [-0.1, -0.05) is 11.8 Å². The SMILES string of the molecule is Cc1nn(C)c(C)c1C#CCS. The summed E-state index contributed by atoms with van der Waals surface area (Å²) in [5.74, 6) is 6.55. The van der Waals surface area contributed by atoms with Crippen LogP contribution in [0, 0.1) is 25.7 Å². The lowest BCUT2D eigenvalue weighted by atomic mass is 10.2. The average Bonchev–Trinajstić information content (AvgIpc) is 2.25. The Bertz CT molecular complexity index is 341. The zero-order valence-corrected chi connectivity index (χ0v) is 8.44. The fourth-order valence-corrected chi connectivity index (χ4v) is 1.16. The van der Waals surface area contributed by atoms with Crippen LogP contribution in [0.2, 0.25) is 0 Å². The van der Waals surface area contributed by atoms with E-state index in [2.05, 4.69) is 29.6 Å². The Balaban J connectivity index is 3.14. The third kappa shape index (κ3) is 1.64. The summed E-state index contributed by atoms with van der Waals surface area (Å²) in [5.41, 5.74) is 3.14. The molecule has 1 rings (SSSR count). The molecule has 12 heavy (non-hydrogen) atoms. The van der Waals surface area contributed by atoms with Crippen molar-refractivity contribution >= 4 is 12.6 Å². The van der Waals surface area contributed by atoms with Crippen LogP contribution in [0.1, 0.15) is 17.0 Å². The highest BCUT2D eigenvalue weighted by atomic mass is 32.1. The first-order chi connectivity index (χ1) is 5.66. The molecule has 0 radical (unpaired) electrons. The van der Waals surface area contributed by atoms with Crippen LogP contribution in [-0.2, 0) is 7.05 Å². The summed E-state index contributed by atoms with van der Waals surface area (Å²) in [6.07, 6.45) is 0. The Hall–Kier alpha value is -0.880. The highest BCUT2D eigenvalue weighted by Gasteiger charge is 2.05. The van der Waals surface area contributed by atoms with Crippen LogP contribution >= 0.6 is 12.6 Å². The Labute approximate surface area is 78.4 Å². The number of nitrogens with zero attached hydrogens (tertiary/aromatic N) is 2. The molecule has 1 aromatic heterocycles. The summed E-state index contributed by atoms with van der Waals surface area (Å²) in [7, 11) is 1.92. The maximum absolute atomic E-state index is 4.25. The van der Waals surface area contributed by atoms with E-state index in [1.54, 1.807) is 0 Å². The first kappa shape index (κ1) is 9.21. The van der Waals surface area contributed by atoms with Crippen LogP contribution in [0.15, 0.2) is 0 Å². The Morgan fingerprint density at radius 2 is 2.17 bits per heavy atom. The third-order valence-electron chi connectivity index (χ3n) is 1.80. The molecule has 0 aliphatic carbocycles. The van der Waals surface area contributed by atoms with E-state index in [0.29, 0.717) is 5.75 Å². The van der Waals surface area contributed by atoms with Crippen molar-refractivity contribution < 1.29 is 0 Å². The van der Waals surface area contributed by atoms with E-state index < -0.39 is 0 Å². The lowest BCUT2D eigenvalue weighted by molar-refractivity contribution is 0.731. The fourth-order valence-electron chi connectivity index (χ4n) is 1.08. The van der Waals surface area contributed by atoms with Gasteiger partial charge in [0.15, 0.2) is 0 Å². The van der Waals surface area contributed by atoms with Crippen molar-refractivity contribution in [1.82, 2.24) is 9.78 Å². The predicted molar refractivity (Wildman–Crippen MR) is 53.4 cm³/mol. The van der Waals surface area contributed by atoms with Crippen LogP contribution in [-0.4, -0.2) is 15.5 Å². The monoisotopic (exact) mass is 180 g/mol. The van der Waals surface area contributed by atoms with Gasteiger partial charge in [0.2, 0.25) is 0 Å². The van der Waals surface area contributed by atoms with Crippen molar-refractivity contribution in [3.8, 4) is 11.8 Å². The van der Waals surface area contributed by atoms with Crippen molar-refractivity contribution in [2.75, 3.05) is 5.75 Å². The summed E-state index contributed by atoms with van der Waals surface area (Å²) in [6, 6.07) is 0. The quantitative estimate of drug-likeness (QED) is 0.471. The summed E-state index contributed by atoms with van der Waals surface area (Å²) in [4.78, 5) is 0. The molecule has 1 heterocycles. The zero-order valence-electron chi connectivity index (χ0n) is 7.55. The molecule has 2 nitrogen and oxygen atoms in total. The number of rotatable bonds is 0. The van der Waals surface area contributed by atoms with E-state index in [0.717, 1.165) is 17.0 Å². The molecule has 0 amide bonds. The van der Waals surface area contributed by atoms with E-state index in [1.807, 2.05) is 25.6 Å². The molecule has 0 aromatic carbocycles. The zero-order chi connectivity index (χ0) is 9.14. The molecule has 1 aromatic rings. The maximum Gasteiger partial charge on any atom is 0.0752 e. The van der Waals surface area contributed by atoms with Crippen LogP contribution < -0.4 is 0 Å². The van der Waals surface area contributed by atoms with E-state index >= 15 is 0 Å². The van der Waals surface area contributed by atoms with Gasteiger partial charge in [0.25, 0.3) is 0 Å². The molecule has 64 valence electrons. The fraction of sp³-hybridized carbons (Fsp3) is 0.444. The molecule has 0 spiro atoms. The van der Waals surface area contributed by atoms with Gasteiger partial charge in [-0.2, -0.15) is 17.7 Å². The Morgan fingerprint density at radius 1 is 1.50 bits per heavy atom. The highest BCUT2D eigenvalue weighted by Crippen LogP contribution is 2.09. The number of aryl methyl sites for hydroxylation is 2. The molecule has 3 heteroatoms. The lowest BCUT2D eigenvalue weighted by Crippen LogP contribution is -1.92. The summed E-state index contributed by atoms with van der Waals surface area (Å²) in [5, 5.41) is 4.25. The number of hydrogen-bond donors (Lipinski definition) is 1. The van der Waals surface area contributed by atoms with Crippen LogP contribution in [0.5, 0.6) is 0 Å². The molecular formula is C9H12N2S. The van der Waals surface area contributed by atoms with Gasteiger partial charge in [-0.05, 0) is 13.8 Å². The molecule has 0 atom stereocenters. The van der Waals surface area contributed by atoms with Gasteiger partial charge in [-0.3, -0.25) is 4.68 Å². The van der Waals surface area contributed by atoms with Crippen molar-refractivity contribution in [3.63, 3.8) is 0 Å². The van der Waals surface area contributed by atoms with Crippen molar-refractivity contribution in [2.24, 2.45) is 7.05 Å². The third-order valence-corrected chi connectivity index (χ3v) is 1.96. The molecule has 0 N–H and O–H groups in total. The summed E-state index contributed by atoms with van der Waals surface area (Å²) < 4.78 is 1.85. The van der Waals surface area contributed by atoms with Gasteiger partial charge in [0.05, 0.1) is 22.7 Å². The van der Waals surface area contributed by atoms with Gasteiger partial charge >= 0.3 is 0 Å². The standard InChI is InChI=1S/C9H12N2S/c1-7-9(5-4-6-12)8(2)11(3)10-7/h12H,6H2,1-3H3. The van der Waals surface area contributed by atoms with Crippen molar-refractivity contribution in [1.29, 1.82) is 0 Å². The average molecular weight is 180 g/mol. The first-order valence-electron chi connectivity index (χ1n) is 3.76. The topological polar surface area (TPSA) is 17.8 Å². The van der Waals surface area contributed by atoms with Crippen molar-refractivity contribution in [2.45, 2.75) is 13.8 Å². The van der Waals surface area contributed by atoms with Crippen molar-refractivity contribution in [3.05, 3.63) is 17.0 Å². The van der Waals surface area contributed by atoms with E-state index in [1.165, 1.54) is 0 Å². The summed E-state index contributed by atoms with van der Waals surface area (Å²) >= 11 is 4.03.